The van der Waals surface area contributed by atoms with E-state index in [1.165, 1.54) is 29.3 Å². The van der Waals surface area contributed by atoms with Gasteiger partial charge in [0, 0.05) is 28.6 Å². The molecule has 1 heterocycles. The smallest absolute Gasteiger partial charge is 0.0295 e. The highest BCUT2D eigenvalue weighted by atomic mass is 32.2. The van der Waals surface area contributed by atoms with Crippen molar-refractivity contribution in [3.8, 4) is 0 Å². The molecule has 1 aliphatic heterocycles. The number of hydrogen-bond donors (Lipinski definition) is 1. The van der Waals surface area contributed by atoms with Gasteiger partial charge in [0.2, 0.25) is 0 Å². The van der Waals surface area contributed by atoms with Crippen molar-refractivity contribution in [2.24, 2.45) is 0 Å². The van der Waals surface area contributed by atoms with E-state index in [9.17, 15) is 0 Å². The summed E-state index contributed by atoms with van der Waals surface area (Å²) in [5, 5.41) is 4.46. The second-order valence-electron chi connectivity index (χ2n) is 4.21. The minimum atomic E-state index is 0.639. The largest absolute Gasteiger partial charge is 0.313 e. The van der Waals surface area contributed by atoms with Crippen LogP contribution in [0.15, 0.2) is 12.2 Å². The van der Waals surface area contributed by atoms with E-state index in [1.54, 1.807) is 0 Å². The van der Waals surface area contributed by atoms with E-state index in [2.05, 4.69) is 49.3 Å². The Bertz CT molecular complexity index is 188. The van der Waals surface area contributed by atoms with E-state index < -0.39 is 0 Å². The predicted octanol–water partition coefficient (Wildman–Crippen LogP) is 3.17. The number of thioether (sulfide) groups is 2. The molecule has 0 aromatic carbocycles. The molecule has 1 saturated heterocycles. The van der Waals surface area contributed by atoms with Crippen molar-refractivity contribution < 1.29 is 0 Å². The van der Waals surface area contributed by atoms with Gasteiger partial charge in [0.25, 0.3) is 0 Å². The van der Waals surface area contributed by atoms with Crippen molar-refractivity contribution in [1.82, 2.24) is 5.32 Å². The summed E-state index contributed by atoms with van der Waals surface area (Å²) in [6.45, 7) is 9.55. The van der Waals surface area contributed by atoms with Crippen LogP contribution in [0.3, 0.4) is 0 Å². The lowest BCUT2D eigenvalue weighted by molar-refractivity contribution is 0.505. The lowest BCUT2D eigenvalue weighted by Crippen LogP contribution is -2.41. The molecule has 0 radical (unpaired) electrons. The fourth-order valence-corrected chi connectivity index (χ4v) is 4.67. The minimum Gasteiger partial charge on any atom is -0.313 e. The molecule has 1 nitrogen and oxygen atoms in total. The summed E-state index contributed by atoms with van der Waals surface area (Å²) in [6, 6.07) is 0.639. The third-order valence-electron chi connectivity index (χ3n) is 2.52. The zero-order valence-electron chi connectivity index (χ0n) is 9.92. The maximum absolute atomic E-state index is 4.04. The van der Waals surface area contributed by atoms with Gasteiger partial charge in [-0.2, -0.15) is 23.5 Å². The molecule has 88 valence electrons. The average molecular weight is 245 g/mol. The molecule has 15 heavy (non-hydrogen) atoms. The van der Waals surface area contributed by atoms with E-state index in [4.69, 9.17) is 0 Å². The monoisotopic (exact) mass is 245 g/mol. The first-order valence-electron chi connectivity index (χ1n) is 5.81. The Hall–Kier alpha value is 0.400. The van der Waals surface area contributed by atoms with E-state index in [0.29, 0.717) is 6.04 Å². The highest BCUT2D eigenvalue weighted by molar-refractivity contribution is 8.06. The molecule has 0 aromatic rings. The van der Waals surface area contributed by atoms with Gasteiger partial charge >= 0.3 is 0 Å². The number of nitrogens with one attached hydrogen (secondary N) is 1. The molecule has 1 rings (SSSR count). The Balaban J connectivity index is 2.41. The molecule has 0 aromatic heterocycles. The van der Waals surface area contributed by atoms with Crippen LogP contribution in [0.25, 0.3) is 0 Å². The highest BCUT2D eigenvalue weighted by Crippen LogP contribution is 2.28. The van der Waals surface area contributed by atoms with Crippen LogP contribution in [0.5, 0.6) is 0 Å². The Morgan fingerprint density at radius 2 is 2.33 bits per heavy atom. The second kappa shape index (κ2) is 7.64. The summed E-state index contributed by atoms with van der Waals surface area (Å²) in [5.41, 5.74) is 1.31. The quantitative estimate of drug-likeness (QED) is 0.722. The van der Waals surface area contributed by atoms with Crippen LogP contribution in [0, 0.1) is 0 Å². The molecule has 0 saturated carbocycles. The summed E-state index contributed by atoms with van der Waals surface area (Å²) in [7, 11) is 0. The summed E-state index contributed by atoms with van der Waals surface area (Å²) in [5.74, 6) is 3.95. The van der Waals surface area contributed by atoms with Crippen LogP contribution in [-0.4, -0.2) is 35.1 Å². The van der Waals surface area contributed by atoms with Gasteiger partial charge in [0.05, 0.1) is 0 Å². The van der Waals surface area contributed by atoms with Gasteiger partial charge in [-0.25, -0.2) is 0 Å². The minimum absolute atomic E-state index is 0.639. The first-order valence-corrected chi connectivity index (χ1v) is 8.01. The third-order valence-corrected chi connectivity index (χ3v) is 5.44. The maximum atomic E-state index is 4.04. The molecule has 1 N–H and O–H groups in total. The van der Waals surface area contributed by atoms with Crippen molar-refractivity contribution in [2.45, 2.75) is 38.0 Å². The van der Waals surface area contributed by atoms with Crippen LogP contribution < -0.4 is 5.32 Å². The van der Waals surface area contributed by atoms with Crippen LogP contribution in [-0.2, 0) is 0 Å². The molecule has 2 unspecified atom stereocenters. The summed E-state index contributed by atoms with van der Waals surface area (Å²) >= 11 is 4.24. The van der Waals surface area contributed by atoms with Gasteiger partial charge in [0.15, 0.2) is 0 Å². The van der Waals surface area contributed by atoms with Gasteiger partial charge in [-0.1, -0.05) is 12.5 Å². The Morgan fingerprint density at radius 1 is 1.53 bits per heavy atom. The van der Waals surface area contributed by atoms with Gasteiger partial charge in [-0.05, 0) is 26.3 Å². The molecule has 0 spiro atoms. The van der Waals surface area contributed by atoms with Crippen LogP contribution in [0.4, 0.5) is 0 Å². The molecule has 1 aliphatic rings. The molecular weight excluding hydrogens is 222 g/mol. The maximum Gasteiger partial charge on any atom is 0.0295 e. The predicted molar refractivity (Wildman–Crippen MR) is 75.1 cm³/mol. The molecule has 2 atom stereocenters. The number of rotatable bonds is 6. The van der Waals surface area contributed by atoms with E-state index in [0.717, 1.165) is 18.2 Å². The molecule has 0 amide bonds. The normalized spacial score (nSPS) is 23.7. The van der Waals surface area contributed by atoms with Crippen molar-refractivity contribution in [3.63, 3.8) is 0 Å². The van der Waals surface area contributed by atoms with Crippen molar-refractivity contribution in [2.75, 3.05) is 23.8 Å². The summed E-state index contributed by atoms with van der Waals surface area (Å²) in [6.07, 6.45) is 2.36. The molecule has 0 aliphatic carbocycles. The van der Waals surface area contributed by atoms with Gasteiger partial charge in [-0.15, -0.1) is 6.58 Å². The SMILES string of the molecule is C=C(C)CC(NCCC)C1CSCCS1. The van der Waals surface area contributed by atoms with Crippen LogP contribution >= 0.6 is 23.5 Å². The highest BCUT2D eigenvalue weighted by Gasteiger charge is 2.23. The molecular formula is C12H23NS2. The van der Waals surface area contributed by atoms with Crippen LogP contribution in [0.1, 0.15) is 26.7 Å². The lowest BCUT2D eigenvalue weighted by atomic mass is 10.1. The topological polar surface area (TPSA) is 12.0 Å². The first kappa shape index (κ1) is 13.5. The average Bonchev–Trinajstić information content (AvgIpc) is 2.25. The molecule has 1 fully saturated rings. The first-order chi connectivity index (χ1) is 7.24. The molecule has 0 bridgehead atoms. The Morgan fingerprint density at radius 3 is 2.87 bits per heavy atom. The van der Waals surface area contributed by atoms with Gasteiger partial charge in [-0.3, -0.25) is 0 Å². The summed E-state index contributed by atoms with van der Waals surface area (Å²) < 4.78 is 0. The Kier molecular flexibility index (Phi) is 6.86. The molecule has 3 heteroatoms. The summed E-state index contributed by atoms with van der Waals surface area (Å²) in [4.78, 5) is 0. The van der Waals surface area contributed by atoms with Crippen molar-refractivity contribution >= 4 is 23.5 Å². The van der Waals surface area contributed by atoms with Crippen molar-refractivity contribution in [3.05, 3.63) is 12.2 Å². The van der Waals surface area contributed by atoms with Crippen LogP contribution in [0.2, 0.25) is 0 Å². The third kappa shape index (κ3) is 5.32. The van der Waals surface area contributed by atoms with E-state index in [-0.39, 0.29) is 0 Å². The fourth-order valence-electron chi connectivity index (χ4n) is 1.78. The fraction of sp³-hybridized carbons (Fsp3) is 0.833. The van der Waals surface area contributed by atoms with Gasteiger partial charge < -0.3 is 5.32 Å². The van der Waals surface area contributed by atoms with E-state index >= 15 is 0 Å². The number of hydrogen-bond acceptors (Lipinski definition) is 3. The standard InChI is InChI=1S/C12H23NS2/c1-4-5-13-11(8-10(2)3)12-9-14-6-7-15-12/h11-13H,2,4-9H2,1,3H3. The zero-order valence-corrected chi connectivity index (χ0v) is 11.6. The Labute approximate surface area is 103 Å². The second-order valence-corrected chi connectivity index (χ2v) is 6.70. The zero-order chi connectivity index (χ0) is 11.1. The van der Waals surface area contributed by atoms with Crippen molar-refractivity contribution in [1.29, 1.82) is 0 Å². The lowest BCUT2D eigenvalue weighted by Gasteiger charge is -2.30. The van der Waals surface area contributed by atoms with E-state index in [1.807, 2.05) is 0 Å². The van der Waals surface area contributed by atoms with Gasteiger partial charge in [0.1, 0.15) is 0 Å².